The third-order valence-corrected chi connectivity index (χ3v) is 4.34. The van der Waals surface area contributed by atoms with Crippen LogP contribution in [0, 0.1) is 5.92 Å². The Morgan fingerprint density at radius 2 is 2.07 bits per heavy atom. The quantitative estimate of drug-likeness (QED) is 0.844. The molecule has 1 aromatic rings. The van der Waals surface area contributed by atoms with Crippen molar-refractivity contribution in [3.05, 3.63) is 27.7 Å². The molecule has 1 atom stereocenters. The monoisotopic (exact) mass is 262 g/mol. The SMILES string of the molecule is O=C(O)C1CSc2cc(Cl)c(Cl)cc2C1. The van der Waals surface area contributed by atoms with Gasteiger partial charge in [-0.2, -0.15) is 0 Å². The average molecular weight is 263 g/mol. The maximum atomic E-state index is 10.8. The summed E-state index contributed by atoms with van der Waals surface area (Å²) in [7, 11) is 0. The fourth-order valence-corrected chi connectivity index (χ4v) is 3.12. The van der Waals surface area contributed by atoms with Crippen LogP contribution in [-0.4, -0.2) is 16.8 Å². The zero-order valence-corrected chi connectivity index (χ0v) is 9.99. The van der Waals surface area contributed by atoms with Crippen LogP contribution in [0.2, 0.25) is 10.0 Å². The molecule has 2 nitrogen and oxygen atoms in total. The summed E-state index contributed by atoms with van der Waals surface area (Å²) in [4.78, 5) is 11.9. The van der Waals surface area contributed by atoms with E-state index < -0.39 is 5.97 Å². The smallest absolute Gasteiger partial charge is 0.307 e. The molecule has 0 radical (unpaired) electrons. The van der Waals surface area contributed by atoms with Gasteiger partial charge in [-0.25, -0.2) is 0 Å². The van der Waals surface area contributed by atoms with Crippen molar-refractivity contribution in [2.75, 3.05) is 5.75 Å². The topological polar surface area (TPSA) is 37.3 Å². The lowest BCUT2D eigenvalue weighted by molar-refractivity contribution is -0.140. The standard InChI is InChI=1S/C10H8Cl2O2S/c11-7-2-5-1-6(10(13)14)4-15-9(5)3-8(7)12/h2-3,6H,1,4H2,(H,13,14). The minimum Gasteiger partial charge on any atom is -0.481 e. The summed E-state index contributed by atoms with van der Waals surface area (Å²) < 4.78 is 0. The van der Waals surface area contributed by atoms with E-state index in [1.54, 1.807) is 6.07 Å². The molecular formula is C10H8Cl2O2S. The molecule has 0 saturated carbocycles. The molecule has 0 aliphatic carbocycles. The summed E-state index contributed by atoms with van der Waals surface area (Å²) in [6, 6.07) is 3.57. The molecule has 1 aromatic carbocycles. The predicted octanol–water partition coefficient (Wildman–Crippen LogP) is 3.34. The summed E-state index contributed by atoms with van der Waals surface area (Å²) in [5.74, 6) is -0.473. The van der Waals surface area contributed by atoms with Gasteiger partial charge in [-0.3, -0.25) is 4.79 Å². The molecule has 0 fully saturated rings. The number of aliphatic carboxylic acids is 1. The highest BCUT2D eigenvalue weighted by Crippen LogP contribution is 2.37. The van der Waals surface area contributed by atoms with Crippen molar-refractivity contribution in [3.8, 4) is 0 Å². The van der Waals surface area contributed by atoms with E-state index in [1.165, 1.54) is 11.8 Å². The number of benzene rings is 1. The van der Waals surface area contributed by atoms with Gasteiger partial charge in [0.25, 0.3) is 0 Å². The number of rotatable bonds is 1. The van der Waals surface area contributed by atoms with Crippen LogP contribution < -0.4 is 0 Å². The van der Waals surface area contributed by atoms with Crippen LogP contribution in [0.3, 0.4) is 0 Å². The zero-order valence-electron chi connectivity index (χ0n) is 7.67. The summed E-state index contributed by atoms with van der Waals surface area (Å²) in [5, 5.41) is 9.93. The van der Waals surface area contributed by atoms with E-state index in [9.17, 15) is 4.79 Å². The van der Waals surface area contributed by atoms with Crippen LogP contribution in [0.15, 0.2) is 17.0 Å². The second-order valence-corrected chi connectivity index (χ2v) is 5.30. The van der Waals surface area contributed by atoms with E-state index in [0.717, 1.165) is 10.5 Å². The second kappa shape index (κ2) is 4.24. The third kappa shape index (κ3) is 2.25. The normalized spacial score (nSPS) is 19.7. The van der Waals surface area contributed by atoms with Gasteiger partial charge < -0.3 is 5.11 Å². The van der Waals surface area contributed by atoms with Gasteiger partial charge in [0.2, 0.25) is 0 Å². The molecule has 1 heterocycles. The highest BCUT2D eigenvalue weighted by atomic mass is 35.5. The molecule has 1 aliphatic heterocycles. The summed E-state index contributed by atoms with van der Waals surface area (Å²) in [6.07, 6.45) is 0.536. The first-order valence-corrected chi connectivity index (χ1v) is 6.15. The van der Waals surface area contributed by atoms with Gasteiger partial charge in [0.1, 0.15) is 0 Å². The summed E-state index contributed by atoms with van der Waals surface area (Å²) in [5.41, 5.74) is 0.980. The van der Waals surface area contributed by atoms with Gasteiger partial charge >= 0.3 is 5.97 Å². The van der Waals surface area contributed by atoms with E-state index >= 15 is 0 Å². The van der Waals surface area contributed by atoms with E-state index in [4.69, 9.17) is 28.3 Å². The molecule has 0 bridgehead atoms. The van der Waals surface area contributed by atoms with Crippen molar-refractivity contribution in [1.82, 2.24) is 0 Å². The van der Waals surface area contributed by atoms with Crippen LogP contribution in [-0.2, 0) is 11.2 Å². The molecule has 0 saturated heterocycles. The summed E-state index contributed by atoms with van der Waals surface area (Å²) in [6.45, 7) is 0. The Balaban J connectivity index is 2.34. The Kier molecular flexibility index (Phi) is 3.14. The molecule has 0 aromatic heterocycles. The number of hydrogen-bond acceptors (Lipinski definition) is 2. The highest BCUT2D eigenvalue weighted by Gasteiger charge is 2.25. The lowest BCUT2D eigenvalue weighted by Gasteiger charge is -2.21. The number of halogens is 2. The van der Waals surface area contributed by atoms with Crippen molar-refractivity contribution >= 4 is 40.9 Å². The Hall–Kier alpha value is -0.380. The molecule has 1 N–H and O–H groups in total. The first kappa shape index (κ1) is 11.1. The second-order valence-electron chi connectivity index (χ2n) is 3.42. The minimum absolute atomic E-state index is 0.320. The van der Waals surface area contributed by atoms with Gasteiger partial charge in [-0.15, -0.1) is 11.8 Å². The molecule has 80 valence electrons. The molecular weight excluding hydrogens is 255 g/mol. The van der Waals surface area contributed by atoms with Gasteiger partial charge in [-0.05, 0) is 24.1 Å². The summed E-state index contributed by atoms with van der Waals surface area (Å²) >= 11 is 13.3. The Labute approximate surface area is 102 Å². The Bertz CT molecular complexity index is 420. The van der Waals surface area contributed by atoms with Crippen molar-refractivity contribution < 1.29 is 9.90 Å². The molecule has 15 heavy (non-hydrogen) atoms. The van der Waals surface area contributed by atoms with Crippen LogP contribution >= 0.6 is 35.0 Å². The fraction of sp³-hybridized carbons (Fsp3) is 0.300. The zero-order chi connectivity index (χ0) is 11.0. The third-order valence-electron chi connectivity index (χ3n) is 2.36. The van der Waals surface area contributed by atoms with Crippen molar-refractivity contribution in [2.45, 2.75) is 11.3 Å². The fourth-order valence-electron chi connectivity index (χ4n) is 1.54. The average Bonchev–Trinajstić information content (AvgIpc) is 2.19. The van der Waals surface area contributed by atoms with E-state index in [0.29, 0.717) is 22.2 Å². The number of carboxylic acids is 1. The van der Waals surface area contributed by atoms with Crippen LogP contribution in [0.4, 0.5) is 0 Å². The molecule has 2 rings (SSSR count). The van der Waals surface area contributed by atoms with Gasteiger partial charge in [0.05, 0.1) is 16.0 Å². The van der Waals surface area contributed by atoms with E-state index in [1.807, 2.05) is 6.07 Å². The van der Waals surface area contributed by atoms with Crippen molar-refractivity contribution in [2.24, 2.45) is 5.92 Å². The molecule has 5 heteroatoms. The predicted molar refractivity (Wildman–Crippen MR) is 62.0 cm³/mol. The van der Waals surface area contributed by atoms with Crippen LogP contribution in [0.5, 0.6) is 0 Å². The lowest BCUT2D eigenvalue weighted by atomic mass is 10.0. The maximum Gasteiger partial charge on any atom is 0.307 e. The van der Waals surface area contributed by atoms with Crippen molar-refractivity contribution in [1.29, 1.82) is 0 Å². The highest BCUT2D eigenvalue weighted by molar-refractivity contribution is 7.99. The van der Waals surface area contributed by atoms with Gasteiger partial charge in [0.15, 0.2) is 0 Å². The first-order chi connectivity index (χ1) is 7.08. The largest absolute Gasteiger partial charge is 0.481 e. The van der Waals surface area contributed by atoms with Crippen LogP contribution in [0.1, 0.15) is 5.56 Å². The molecule has 1 aliphatic rings. The van der Waals surface area contributed by atoms with Crippen LogP contribution in [0.25, 0.3) is 0 Å². The number of carboxylic acid groups (broad SMARTS) is 1. The first-order valence-electron chi connectivity index (χ1n) is 4.41. The Morgan fingerprint density at radius 3 is 2.73 bits per heavy atom. The van der Waals surface area contributed by atoms with E-state index in [2.05, 4.69) is 0 Å². The maximum absolute atomic E-state index is 10.8. The molecule has 0 spiro atoms. The lowest BCUT2D eigenvalue weighted by Crippen LogP contribution is -2.22. The van der Waals surface area contributed by atoms with Gasteiger partial charge in [0, 0.05) is 10.6 Å². The number of thioether (sulfide) groups is 1. The number of fused-ring (bicyclic) bond motifs is 1. The number of hydrogen-bond donors (Lipinski definition) is 1. The number of carbonyl (C=O) groups is 1. The van der Waals surface area contributed by atoms with E-state index in [-0.39, 0.29) is 5.92 Å². The Morgan fingerprint density at radius 1 is 1.40 bits per heavy atom. The minimum atomic E-state index is -0.751. The molecule has 0 amide bonds. The molecule has 1 unspecified atom stereocenters. The van der Waals surface area contributed by atoms with Gasteiger partial charge in [-0.1, -0.05) is 23.2 Å². The van der Waals surface area contributed by atoms with Crippen molar-refractivity contribution in [3.63, 3.8) is 0 Å².